The second kappa shape index (κ2) is 10.2. The molecule has 4 rings (SSSR count). The predicted octanol–water partition coefficient (Wildman–Crippen LogP) is 3.63. The van der Waals surface area contributed by atoms with Crippen molar-refractivity contribution in [2.45, 2.75) is 6.54 Å². The van der Waals surface area contributed by atoms with Crippen molar-refractivity contribution >= 4 is 23.4 Å². The van der Waals surface area contributed by atoms with Crippen LogP contribution in [0.4, 0.5) is 0 Å². The number of carbonyl (C=O) groups is 2. The van der Waals surface area contributed by atoms with Gasteiger partial charge in [-0.1, -0.05) is 41.8 Å². The van der Waals surface area contributed by atoms with Gasteiger partial charge in [0.1, 0.15) is 18.0 Å². The Bertz CT molecular complexity index is 1230. The summed E-state index contributed by atoms with van der Waals surface area (Å²) in [5, 5.41) is 0.626. The first kappa shape index (κ1) is 22.4. The molecule has 0 N–H and O–H groups in total. The third-order valence-electron chi connectivity index (χ3n) is 5.36. The van der Waals surface area contributed by atoms with E-state index in [0.29, 0.717) is 47.2 Å². The number of aromatic nitrogens is 1. The molecule has 6 nitrogen and oxygen atoms in total. The summed E-state index contributed by atoms with van der Waals surface area (Å²) in [6.07, 6.45) is 1.67. The summed E-state index contributed by atoms with van der Waals surface area (Å²) in [5.41, 5.74) is 2.54. The van der Waals surface area contributed by atoms with Gasteiger partial charge in [0.2, 0.25) is 5.91 Å². The quantitative estimate of drug-likeness (QED) is 0.559. The van der Waals surface area contributed by atoms with Crippen LogP contribution in [-0.2, 0) is 11.3 Å². The highest BCUT2D eigenvalue weighted by molar-refractivity contribution is 6.31. The van der Waals surface area contributed by atoms with E-state index in [1.807, 2.05) is 36.4 Å². The predicted molar refractivity (Wildman–Crippen MR) is 126 cm³/mol. The summed E-state index contributed by atoms with van der Waals surface area (Å²) >= 11 is 6.23. The molecule has 3 aromatic rings. The Kier molecular flexibility index (Phi) is 6.92. The van der Waals surface area contributed by atoms with Gasteiger partial charge in [0.25, 0.3) is 5.91 Å². The molecular formula is C26H22ClN3O3. The number of ether oxygens (including phenoxy) is 1. The van der Waals surface area contributed by atoms with Crippen molar-refractivity contribution in [1.82, 2.24) is 14.8 Å². The Morgan fingerprint density at radius 2 is 1.91 bits per heavy atom. The van der Waals surface area contributed by atoms with Crippen molar-refractivity contribution in [2.75, 3.05) is 26.7 Å². The molecule has 1 aliphatic heterocycles. The molecule has 0 radical (unpaired) electrons. The van der Waals surface area contributed by atoms with Crippen molar-refractivity contribution < 1.29 is 14.3 Å². The lowest BCUT2D eigenvalue weighted by atomic mass is 10.1. The van der Waals surface area contributed by atoms with Gasteiger partial charge < -0.3 is 14.5 Å². The van der Waals surface area contributed by atoms with E-state index in [0.717, 1.165) is 5.56 Å². The third kappa shape index (κ3) is 5.33. The maximum absolute atomic E-state index is 13.1. The van der Waals surface area contributed by atoms with Crippen LogP contribution in [0.5, 0.6) is 5.75 Å². The molecule has 2 amide bonds. The Morgan fingerprint density at radius 1 is 1.09 bits per heavy atom. The van der Waals surface area contributed by atoms with E-state index < -0.39 is 0 Å². The van der Waals surface area contributed by atoms with Crippen molar-refractivity contribution in [2.24, 2.45) is 0 Å². The summed E-state index contributed by atoms with van der Waals surface area (Å²) < 4.78 is 5.39. The van der Waals surface area contributed by atoms with Gasteiger partial charge in [-0.25, -0.2) is 4.98 Å². The fourth-order valence-electron chi connectivity index (χ4n) is 3.57. The zero-order valence-electron chi connectivity index (χ0n) is 18.1. The van der Waals surface area contributed by atoms with Crippen molar-refractivity contribution in [3.63, 3.8) is 0 Å². The van der Waals surface area contributed by atoms with Crippen LogP contribution >= 0.6 is 11.6 Å². The van der Waals surface area contributed by atoms with Crippen molar-refractivity contribution in [3.05, 3.63) is 94.3 Å². The third-order valence-corrected chi connectivity index (χ3v) is 5.73. The smallest absolute Gasteiger partial charge is 0.254 e. The van der Waals surface area contributed by atoms with Gasteiger partial charge in [0, 0.05) is 36.4 Å². The van der Waals surface area contributed by atoms with E-state index in [9.17, 15) is 9.59 Å². The maximum Gasteiger partial charge on any atom is 0.254 e. The van der Waals surface area contributed by atoms with Crippen LogP contribution in [0.15, 0.2) is 66.9 Å². The largest absolute Gasteiger partial charge is 0.495 e. The second-order valence-electron chi connectivity index (χ2n) is 7.51. The molecule has 0 unspecified atom stereocenters. The zero-order valence-corrected chi connectivity index (χ0v) is 18.9. The van der Waals surface area contributed by atoms with Crippen LogP contribution in [-0.4, -0.2) is 53.3 Å². The van der Waals surface area contributed by atoms with Gasteiger partial charge in [-0.05, 0) is 47.9 Å². The first-order valence-electron chi connectivity index (χ1n) is 10.5. The zero-order chi connectivity index (χ0) is 23.2. The Hall–Kier alpha value is -3.82. The van der Waals surface area contributed by atoms with Gasteiger partial charge in [-0.15, -0.1) is 0 Å². The lowest BCUT2D eigenvalue weighted by molar-refractivity contribution is -0.135. The van der Waals surface area contributed by atoms with E-state index in [-0.39, 0.29) is 18.4 Å². The number of methoxy groups -OCH3 is 1. The van der Waals surface area contributed by atoms with Gasteiger partial charge in [0.05, 0.1) is 12.7 Å². The normalized spacial score (nSPS) is 13.3. The molecule has 0 atom stereocenters. The number of piperazine rings is 1. The van der Waals surface area contributed by atoms with E-state index in [1.54, 1.807) is 47.4 Å². The fraction of sp³-hybridized carbons (Fsp3) is 0.192. The number of rotatable bonds is 4. The van der Waals surface area contributed by atoms with Crippen molar-refractivity contribution in [3.8, 4) is 17.6 Å². The Morgan fingerprint density at radius 3 is 2.64 bits per heavy atom. The summed E-state index contributed by atoms with van der Waals surface area (Å²) in [4.78, 5) is 33.3. The van der Waals surface area contributed by atoms with Crippen LogP contribution < -0.4 is 4.74 Å². The number of benzene rings is 2. The monoisotopic (exact) mass is 459 g/mol. The van der Waals surface area contributed by atoms with Crippen LogP contribution in [0.3, 0.4) is 0 Å². The molecule has 2 heterocycles. The second-order valence-corrected chi connectivity index (χ2v) is 7.92. The van der Waals surface area contributed by atoms with E-state index in [1.165, 1.54) is 0 Å². The lowest BCUT2D eigenvalue weighted by Crippen LogP contribution is -2.51. The van der Waals surface area contributed by atoms with E-state index >= 15 is 0 Å². The van der Waals surface area contributed by atoms with Crippen LogP contribution in [0.1, 0.15) is 27.2 Å². The molecule has 1 fully saturated rings. The summed E-state index contributed by atoms with van der Waals surface area (Å²) in [5.74, 6) is 6.25. The van der Waals surface area contributed by atoms with Crippen LogP contribution in [0.2, 0.25) is 5.02 Å². The molecule has 0 spiro atoms. The molecule has 0 saturated carbocycles. The topological polar surface area (TPSA) is 62.7 Å². The standard InChI is InChI=1S/C26H22ClN3O3/c1-33-24-12-10-20(16-19(24)9-11-22-7-4-5-13-28-22)26(32)30-15-14-29(25(31)18-30)17-21-6-2-3-8-23(21)27/h2-8,10,12-13,16H,14-15,17-18H2,1H3. The average molecular weight is 460 g/mol. The number of hydrogen-bond donors (Lipinski definition) is 0. The molecule has 1 aliphatic rings. The highest BCUT2D eigenvalue weighted by Gasteiger charge is 2.28. The Labute approximate surface area is 197 Å². The number of carbonyl (C=O) groups excluding carboxylic acids is 2. The van der Waals surface area contributed by atoms with Gasteiger partial charge in [0.15, 0.2) is 0 Å². The molecule has 1 saturated heterocycles. The van der Waals surface area contributed by atoms with Gasteiger partial charge in [-0.3, -0.25) is 9.59 Å². The number of halogens is 1. The average Bonchev–Trinajstić information content (AvgIpc) is 2.85. The van der Waals surface area contributed by atoms with Crippen molar-refractivity contribution in [1.29, 1.82) is 0 Å². The molecular weight excluding hydrogens is 438 g/mol. The highest BCUT2D eigenvalue weighted by Crippen LogP contribution is 2.22. The highest BCUT2D eigenvalue weighted by atomic mass is 35.5. The molecule has 2 aromatic carbocycles. The van der Waals surface area contributed by atoms with E-state index in [2.05, 4.69) is 16.8 Å². The first-order chi connectivity index (χ1) is 16.0. The molecule has 166 valence electrons. The minimum atomic E-state index is -0.218. The minimum absolute atomic E-state index is 0.0181. The van der Waals surface area contributed by atoms with Crippen LogP contribution in [0.25, 0.3) is 0 Å². The SMILES string of the molecule is COc1ccc(C(=O)N2CCN(Cc3ccccc3Cl)C(=O)C2)cc1C#Cc1ccccn1. The summed E-state index contributed by atoms with van der Waals surface area (Å²) in [6, 6.07) is 18.0. The van der Waals surface area contributed by atoms with Gasteiger partial charge >= 0.3 is 0 Å². The molecule has 0 bridgehead atoms. The maximum atomic E-state index is 13.1. The summed E-state index contributed by atoms with van der Waals surface area (Å²) in [7, 11) is 1.56. The number of hydrogen-bond acceptors (Lipinski definition) is 4. The Balaban J connectivity index is 1.48. The molecule has 33 heavy (non-hydrogen) atoms. The number of pyridine rings is 1. The lowest BCUT2D eigenvalue weighted by Gasteiger charge is -2.34. The summed E-state index contributed by atoms with van der Waals surface area (Å²) in [6.45, 7) is 1.33. The number of nitrogens with zero attached hydrogens (tertiary/aromatic N) is 3. The molecule has 7 heteroatoms. The number of amides is 2. The van der Waals surface area contributed by atoms with Crippen LogP contribution in [0, 0.1) is 11.8 Å². The molecule has 0 aliphatic carbocycles. The molecule has 1 aromatic heterocycles. The minimum Gasteiger partial charge on any atom is -0.495 e. The fourth-order valence-corrected chi connectivity index (χ4v) is 3.77. The van der Waals surface area contributed by atoms with E-state index in [4.69, 9.17) is 16.3 Å². The van der Waals surface area contributed by atoms with Gasteiger partial charge in [-0.2, -0.15) is 0 Å². The first-order valence-corrected chi connectivity index (χ1v) is 10.8.